The Labute approximate surface area is 128 Å². The van der Waals surface area contributed by atoms with Gasteiger partial charge in [-0.05, 0) is 46.6 Å². The van der Waals surface area contributed by atoms with E-state index in [9.17, 15) is 0 Å². The molecule has 3 nitrogen and oxygen atoms in total. The zero-order valence-electron chi connectivity index (χ0n) is 12.0. The van der Waals surface area contributed by atoms with Gasteiger partial charge in [0.05, 0.1) is 0 Å². The van der Waals surface area contributed by atoms with E-state index in [0.29, 0.717) is 18.3 Å². The first kappa shape index (κ1) is 15.0. The molecule has 0 aliphatic carbocycles. The second-order valence-corrected chi connectivity index (χ2v) is 5.86. The number of benzene rings is 1. The third kappa shape index (κ3) is 3.58. The van der Waals surface area contributed by atoms with Crippen molar-refractivity contribution in [3.63, 3.8) is 0 Å². The molecule has 0 atom stereocenters. The second kappa shape index (κ2) is 6.86. The Kier molecular flexibility index (Phi) is 5.15. The van der Waals surface area contributed by atoms with Crippen LogP contribution in [0.5, 0.6) is 11.6 Å². The quantitative estimate of drug-likeness (QED) is 0.875. The van der Waals surface area contributed by atoms with Gasteiger partial charge in [0.1, 0.15) is 5.75 Å². The van der Waals surface area contributed by atoms with Gasteiger partial charge in [0.25, 0.3) is 0 Å². The average Bonchev–Trinajstić information content (AvgIpc) is 2.42. The summed E-state index contributed by atoms with van der Waals surface area (Å²) in [5.74, 6) is 1.93. The SMILES string of the molecule is CNCc1cc(Br)cnc1Oc1ccccc1C(C)C. The molecule has 2 aromatic rings. The lowest BCUT2D eigenvalue weighted by atomic mass is 10.0. The van der Waals surface area contributed by atoms with Crippen LogP contribution in [0.3, 0.4) is 0 Å². The summed E-state index contributed by atoms with van der Waals surface area (Å²) in [6, 6.07) is 10.1. The Morgan fingerprint density at radius 3 is 2.75 bits per heavy atom. The van der Waals surface area contributed by atoms with Crippen LogP contribution >= 0.6 is 15.9 Å². The Balaban J connectivity index is 2.35. The summed E-state index contributed by atoms with van der Waals surface area (Å²) in [5.41, 5.74) is 2.22. The molecule has 1 heterocycles. The standard InChI is InChI=1S/C16H19BrN2O/c1-11(2)14-6-4-5-7-15(14)20-16-12(9-18-3)8-13(17)10-19-16/h4-8,10-11,18H,9H2,1-3H3. The van der Waals surface area contributed by atoms with E-state index in [1.807, 2.05) is 31.3 Å². The van der Waals surface area contributed by atoms with E-state index in [1.54, 1.807) is 6.20 Å². The summed E-state index contributed by atoms with van der Waals surface area (Å²) < 4.78 is 6.99. The van der Waals surface area contributed by atoms with E-state index in [-0.39, 0.29) is 0 Å². The maximum absolute atomic E-state index is 6.04. The molecule has 106 valence electrons. The number of aromatic nitrogens is 1. The van der Waals surface area contributed by atoms with Crippen molar-refractivity contribution in [1.29, 1.82) is 0 Å². The van der Waals surface area contributed by atoms with Gasteiger partial charge in [-0.15, -0.1) is 0 Å². The largest absolute Gasteiger partial charge is 0.438 e. The van der Waals surface area contributed by atoms with Gasteiger partial charge in [-0.3, -0.25) is 0 Å². The predicted octanol–water partition coefficient (Wildman–Crippen LogP) is 4.48. The number of nitrogens with zero attached hydrogens (tertiary/aromatic N) is 1. The number of hydrogen-bond donors (Lipinski definition) is 1. The molecular formula is C16H19BrN2O. The van der Waals surface area contributed by atoms with Crippen molar-refractivity contribution in [2.24, 2.45) is 0 Å². The van der Waals surface area contributed by atoms with E-state index >= 15 is 0 Å². The molecule has 1 aromatic carbocycles. The molecule has 0 spiro atoms. The summed E-state index contributed by atoms with van der Waals surface area (Å²) in [6.07, 6.45) is 1.76. The predicted molar refractivity (Wildman–Crippen MR) is 85.3 cm³/mol. The zero-order chi connectivity index (χ0) is 14.5. The zero-order valence-corrected chi connectivity index (χ0v) is 13.6. The van der Waals surface area contributed by atoms with Gasteiger partial charge < -0.3 is 10.1 Å². The van der Waals surface area contributed by atoms with Gasteiger partial charge in [0.2, 0.25) is 5.88 Å². The van der Waals surface area contributed by atoms with Crippen LogP contribution in [0, 0.1) is 0 Å². The third-order valence-corrected chi connectivity index (χ3v) is 3.44. The minimum Gasteiger partial charge on any atom is -0.438 e. The molecule has 0 saturated carbocycles. The van der Waals surface area contributed by atoms with Crippen molar-refractivity contribution in [3.05, 3.63) is 52.1 Å². The number of hydrogen-bond acceptors (Lipinski definition) is 3. The molecule has 0 bridgehead atoms. The van der Waals surface area contributed by atoms with Gasteiger partial charge in [0.15, 0.2) is 0 Å². The smallest absolute Gasteiger partial charge is 0.223 e. The van der Waals surface area contributed by atoms with E-state index < -0.39 is 0 Å². The van der Waals surface area contributed by atoms with Crippen molar-refractivity contribution in [2.45, 2.75) is 26.3 Å². The first-order valence-electron chi connectivity index (χ1n) is 6.67. The fourth-order valence-electron chi connectivity index (χ4n) is 2.03. The Bertz CT molecular complexity index is 584. The molecule has 1 aromatic heterocycles. The fraction of sp³-hybridized carbons (Fsp3) is 0.312. The van der Waals surface area contributed by atoms with E-state index in [1.165, 1.54) is 5.56 Å². The molecule has 0 amide bonds. The van der Waals surface area contributed by atoms with Crippen LogP contribution in [-0.4, -0.2) is 12.0 Å². The fourth-order valence-corrected chi connectivity index (χ4v) is 2.41. The Morgan fingerprint density at radius 2 is 2.05 bits per heavy atom. The number of ether oxygens (including phenoxy) is 1. The van der Waals surface area contributed by atoms with Crippen LogP contribution in [0.15, 0.2) is 41.0 Å². The molecule has 0 fully saturated rings. The van der Waals surface area contributed by atoms with Crippen molar-refractivity contribution in [3.8, 4) is 11.6 Å². The number of halogens is 1. The number of pyridine rings is 1. The van der Waals surface area contributed by atoms with Crippen molar-refractivity contribution in [1.82, 2.24) is 10.3 Å². The summed E-state index contributed by atoms with van der Waals surface area (Å²) in [4.78, 5) is 4.38. The molecule has 0 aliphatic rings. The van der Waals surface area contributed by atoms with Crippen LogP contribution in [0.2, 0.25) is 0 Å². The Hall–Kier alpha value is -1.39. The molecular weight excluding hydrogens is 316 g/mol. The molecule has 1 N–H and O–H groups in total. The minimum atomic E-state index is 0.411. The van der Waals surface area contributed by atoms with E-state index in [4.69, 9.17) is 4.74 Å². The first-order chi connectivity index (χ1) is 9.61. The van der Waals surface area contributed by atoms with Crippen molar-refractivity contribution in [2.75, 3.05) is 7.05 Å². The number of para-hydroxylation sites is 1. The molecule has 0 aliphatic heterocycles. The van der Waals surface area contributed by atoms with E-state index in [0.717, 1.165) is 15.8 Å². The van der Waals surface area contributed by atoms with Crippen LogP contribution in [-0.2, 0) is 6.54 Å². The molecule has 2 rings (SSSR count). The maximum Gasteiger partial charge on any atom is 0.223 e. The van der Waals surface area contributed by atoms with Gasteiger partial charge in [-0.1, -0.05) is 32.0 Å². The number of nitrogens with one attached hydrogen (secondary N) is 1. The third-order valence-electron chi connectivity index (χ3n) is 3.01. The highest BCUT2D eigenvalue weighted by Crippen LogP contribution is 2.31. The summed E-state index contributed by atoms with van der Waals surface area (Å²) in [6.45, 7) is 5.03. The molecule has 0 radical (unpaired) electrons. The van der Waals surface area contributed by atoms with Gasteiger partial charge in [-0.25, -0.2) is 4.98 Å². The normalized spacial score (nSPS) is 10.8. The summed E-state index contributed by atoms with van der Waals surface area (Å²) in [5, 5.41) is 3.13. The van der Waals surface area contributed by atoms with Gasteiger partial charge in [-0.2, -0.15) is 0 Å². The van der Waals surface area contributed by atoms with Gasteiger partial charge >= 0.3 is 0 Å². The highest BCUT2D eigenvalue weighted by Gasteiger charge is 2.11. The van der Waals surface area contributed by atoms with Crippen molar-refractivity contribution >= 4 is 15.9 Å². The highest BCUT2D eigenvalue weighted by atomic mass is 79.9. The van der Waals surface area contributed by atoms with Crippen LogP contribution in [0.1, 0.15) is 30.9 Å². The second-order valence-electron chi connectivity index (χ2n) is 4.94. The molecule has 0 saturated heterocycles. The van der Waals surface area contributed by atoms with Crippen LogP contribution < -0.4 is 10.1 Å². The monoisotopic (exact) mass is 334 g/mol. The minimum absolute atomic E-state index is 0.411. The molecule has 20 heavy (non-hydrogen) atoms. The van der Waals surface area contributed by atoms with E-state index in [2.05, 4.69) is 46.1 Å². The van der Waals surface area contributed by atoms with Gasteiger partial charge in [0, 0.05) is 22.8 Å². The maximum atomic E-state index is 6.04. The summed E-state index contributed by atoms with van der Waals surface area (Å²) >= 11 is 3.44. The van der Waals surface area contributed by atoms with Crippen LogP contribution in [0.4, 0.5) is 0 Å². The van der Waals surface area contributed by atoms with Crippen molar-refractivity contribution < 1.29 is 4.74 Å². The Morgan fingerprint density at radius 1 is 1.30 bits per heavy atom. The molecule has 4 heteroatoms. The molecule has 0 unspecified atom stereocenters. The lowest BCUT2D eigenvalue weighted by Gasteiger charge is -2.15. The average molecular weight is 335 g/mol. The summed E-state index contributed by atoms with van der Waals surface area (Å²) in [7, 11) is 1.91. The first-order valence-corrected chi connectivity index (χ1v) is 7.47. The lowest BCUT2D eigenvalue weighted by molar-refractivity contribution is 0.446. The highest BCUT2D eigenvalue weighted by molar-refractivity contribution is 9.10. The van der Waals surface area contributed by atoms with Crippen LogP contribution in [0.25, 0.3) is 0 Å². The number of rotatable bonds is 5. The topological polar surface area (TPSA) is 34.2 Å². The lowest BCUT2D eigenvalue weighted by Crippen LogP contribution is -2.07.